The molecule has 4 rings (SSSR count). The van der Waals surface area contributed by atoms with Crippen molar-refractivity contribution < 1.29 is 9.53 Å². The number of benzene rings is 3. The fourth-order valence-electron chi connectivity index (χ4n) is 3.07. The highest BCUT2D eigenvalue weighted by Gasteiger charge is 2.06. The van der Waals surface area contributed by atoms with E-state index in [4.69, 9.17) is 4.74 Å². The summed E-state index contributed by atoms with van der Waals surface area (Å²) in [6, 6.07) is 29.3. The summed E-state index contributed by atoms with van der Waals surface area (Å²) in [5, 5.41) is 0. The second kappa shape index (κ2) is 8.89. The number of carbonyl (C=O) groups is 1. The Balaban J connectivity index is 1.49. The van der Waals surface area contributed by atoms with Crippen molar-refractivity contribution in [2.45, 2.75) is 6.61 Å². The Bertz CT molecular complexity index is 1110. The topological polar surface area (TPSA) is 31.2 Å². The van der Waals surface area contributed by atoms with E-state index in [2.05, 4.69) is 0 Å². The van der Waals surface area contributed by atoms with E-state index >= 15 is 0 Å². The van der Waals surface area contributed by atoms with E-state index in [-0.39, 0.29) is 5.78 Å². The van der Waals surface area contributed by atoms with Gasteiger partial charge in [-0.1, -0.05) is 60.7 Å². The minimum Gasteiger partial charge on any atom is -0.488 e. The van der Waals surface area contributed by atoms with Crippen LogP contribution in [0.4, 0.5) is 0 Å². The number of ketones is 1. The molecule has 0 bridgehead atoms. The van der Waals surface area contributed by atoms with E-state index in [1.54, 1.807) is 6.08 Å². The van der Waals surface area contributed by atoms with E-state index in [0.29, 0.717) is 12.2 Å². The summed E-state index contributed by atoms with van der Waals surface area (Å²) in [7, 11) is 0. The van der Waals surface area contributed by atoms with E-state index in [1.807, 2.05) is 114 Å². The van der Waals surface area contributed by atoms with Crippen LogP contribution in [-0.2, 0) is 6.61 Å². The molecule has 0 aliphatic carbocycles. The highest BCUT2D eigenvalue weighted by atomic mass is 16.5. The summed E-state index contributed by atoms with van der Waals surface area (Å²) in [6.07, 6.45) is 7.32. The molecule has 0 amide bonds. The van der Waals surface area contributed by atoms with Crippen LogP contribution < -0.4 is 4.74 Å². The number of allylic oxidation sites excluding steroid dienone is 1. The molecular weight excluding hydrogens is 358 g/mol. The van der Waals surface area contributed by atoms with Gasteiger partial charge in [0.05, 0.1) is 0 Å². The molecule has 1 heterocycles. The third-order valence-corrected chi connectivity index (χ3v) is 4.60. The lowest BCUT2D eigenvalue weighted by atomic mass is 10.1. The summed E-state index contributed by atoms with van der Waals surface area (Å²) in [5.74, 6) is 0.707. The molecule has 0 unspecified atom stereocenters. The van der Waals surface area contributed by atoms with Crippen molar-refractivity contribution >= 4 is 11.9 Å². The van der Waals surface area contributed by atoms with Gasteiger partial charge in [0.2, 0.25) is 0 Å². The Kier molecular flexibility index (Phi) is 5.68. The van der Waals surface area contributed by atoms with Crippen molar-refractivity contribution in [3.63, 3.8) is 0 Å². The maximum atomic E-state index is 12.7. The van der Waals surface area contributed by atoms with Crippen molar-refractivity contribution in [3.05, 3.63) is 126 Å². The van der Waals surface area contributed by atoms with Crippen LogP contribution in [0.5, 0.6) is 5.75 Å². The predicted octanol–water partition coefficient (Wildman–Crippen LogP) is 5.95. The molecule has 3 aromatic carbocycles. The standard InChI is InChI=1S/C26H21NO2/c28-25(23-12-8-13-24(19-23)27-17-6-7-18-27)16-15-22-11-4-5-14-26(22)29-20-21-9-2-1-3-10-21/h1-19H,20H2/b16-15+. The second-order valence-corrected chi connectivity index (χ2v) is 6.65. The molecule has 0 atom stereocenters. The Morgan fingerprint density at radius 3 is 2.41 bits per heavy atom. The number of hydrogen-bond donors (Lipinski definition) is 0. The lowest BCUT2D eigenvalue weighted by Crippen LogP contribution is -1.98. The number of aromatic nitrogens is 1. The molecule has 0 saturated heterocycles. The van der Waals surface area contributed by atoms with Crippen LogP contribution in [0.25, 0.3) is 11.8 Å². The first-order chi connectivity index (χ1) is 14.3. The van der Waals surface area contributed by atoms with E-state index < -0.39 is 0 Å². The van der Waals surface area contributed by atoms with Gasteiger partial charge in [-0.3, -0.25) is 4.79 Å². The Morgan fingerprint density at radius 1 is 0.828 bits per heavy atom. The van der Waals surface area contributed by atoms with Crippen molar-refractivity contribution in [1.82, 2.24) is 4.57 Å². The quantitative estimate of drug-likeness (QED) is 0.293. The molecule has 3 nitrogen and oxygen atoms in total. The molecule has 0 aliphatic heterocycles. The fourth-order valence-corrected chi connectivity index (χ4v) is 3.07. The van der Waals surface area contributed by atoms with E-state index in [1.165, 1.54) is 0 Å². The minimum absolute atomic E-state index is 0.0446. The van der Waals surface area contributed by atoms with E-state index in [0.717, 1.165) is 22.6 Å². The smallest absolute Gasteiger partial charge is 0.185 e. The van der Waals surface area contributed by atoms with Crippen LogP contribution in [0.3, 0.4) is 0 Å². The van der Waals surface area contributed by atoms with Gasteiger partial charge in [0.15, 0.2) is 5.78 Å². The highest BCUT2D eigenvalue weighted by Crippen LogP contribution is 2.21. The van der Waals surface area contributed by atoms with Crippen LogP contribution in [0.15, 0.2) is 109 Å². The Labute approximate surface area is 170 Å². The molecule has 3 heteroatoms. The first-order valence-corrected chi connectivity index (χ1v) is 9.51. The zero-order chi connectivity index (χ0) is 19.9. The van der Waals surface area contributed by atoms with Crippen molar-refractivity contribution in [2.75, 3.05) is 0 Å². The Hall–Kier alpha value is -3.85. The summed E-state index contributed by atoms with van der Waals surface area (Å²) in [4.78, 5) is 12.7. The van der Waals surface area contributed by atoms with Gasteiger partial charge in [0, 0.05) is 29.2 Å². The van der Waals surface area contributed by atoms with Gasteiger partial charge in [0.25, 0.3) is 0 Å². The first kappa shape index (κ1) is 18.5. The van der Waals surface area contributed by atoms with Gasteiger partial charge in [0.1, 0.15) is 12.4 Å². The number of carbonyl (C=O) groups excluding carboxylic acids is 1. The summed E-state index contributed by atoms with van der Waals surface area (Å²) in [5.41, 5.74) is 3.58. The fraction of sp³-hybridized carbons (Fsp3) is 0.0385. The van der Waals surface area contributed by atoms with Gasteiger partial charge in [-0.2, -0.15) is 0 Å². The average molecular weight is 379 g/mol. The van der Waals surface area contributed by atoms with Crippen molar-refractivity contribution in [2.24, 2.45) is 0 Å². The van der Waals surface area contributed by atoms with Crippen LogP contribution in [0.1, 0.15) is 21.5 Å². The molecule has 0 saturated carbocycles. The molecule has 4 aromatic rings. The molecule has 1 aromatic heterocycles. The average Bonchev–Trinajstić information content (AvgIpc) is 3.32. The molecule has 0 radical (unpaired) electrons. The van der Waals surface area contributed by atoms with Crippen LogP contribution >= 0.6 is 0 Å². The van der Waals surface area contributed by atoms with Gasteiger partial charge >= 0.3 is 0 Å². The van der Waals surface area contributed by atoms with E-state index in [9.17, 15) is 4.79 Å². The first-order valence-electron chi connectivity index (χ1n) is 9.51. The third-order valence-electron chi connectivity index (χ3n) is 4.60. The van der Waals surface area contributed by atoms with Crippen molar-refractivity contribution in [1.29, 1.82) is 0 Å². The Morgan fingerprint density at radius 2 is 1.59 bits per heavy atom. The highest BCUT2D eigenvalue weighted by molar-refractivity contribution is 6.07. The zero-order valence-electron chi connectivity index (χ0n) is 15.9. The number of para-hydroxylation sites is 1. The summed E-state index contributed by atoms with van der Waals surface area (Å²) in [6.45, 7) is 0.485. The molecule has 142 valence electrons. The number of rotatable bonds is 7. The van der Waals surface area contributed by atoms with Gasteiger partial charge < -0.3 is 9.30 Å². The van der Waals surface area contributed by atoms with Crippen LogP contribution in [0, 0.1) is 0 Å². The molecule has 29 heavy (non-hydrogen) atoms. The largest absolute Gasteiger partial charge is 0.488 e. The van der Waals surface area contributed by atoms with Gasteiger partial charge in [-0.25, -0.2) is 0 Å². The lowest BCUT2D eigenvalue weighted by Gasteiger charge is -2.09. The minimum atomic E-state index is -0.0446. The lowest BCUT2D eigenvalue weighted by molar-refractivity contribution is 0.104. The number of hydrogen-bond acceptors (Lipinski definition) is 2. The number of nitrogens with zero attached hydrogens (tertiary/aromatic N) is 1. The predicted molar refractivity (Wildman–Crippen MR) is 116 cm³/mol. The molecule has 0 N–H and O–H groups in total. The van der Waals surface area contributed by atoms with Crippen molar-refractivity contribution in [3.8, 4) is 11.4 Å². The SMILES string of the molecule is O=C(/C=C/c1ccccc1OCc1ccccc1)c1cccc(-n2cccc2)c1. The van der Waals surface area contributed by atoms with Gasteiger partial charge in [-0.05, 0) is 48.0 Å². The number of ether oxygens (including phenoxy) is 1. The monoisotopic (exact) mass is 379 g/mol. The summed E-state index contributed by atoms with van der Waals surface area (Å²) < 4.78 is 7.94. The zero-order valence-corrected chi connectivity index (χ0v) is 15.9. The maximum absolute atomic E-state index is 12.7. The molecule has 0 spiro atoms. The molecule has 0 fully saturated rings. The molecule has 0 aliphatic rings. The molecular formula is C26H21NO2. The summed E-state index contributed by atoms with van der Waals surface area (Å²) >= 11 is 0. The normalized spacial score (nSPS) is 10.9. The van der Waals surface area contributed by atoms with Crippen LogP contribution in [-0.4, -0.2) is 10.4 Å². The third kappa shape index (κ3) is 4.71. The second-order valence-electron chi connectivity index (χ2n) is 6.65. The maximum Gasteiger partial charge on any atom is 0.185 e. The van der Waals surface area contributed by atoms with Crippen LogP contribution in [0.2, 0.25) is 0 Å². The van der Waals surface area contributed by atoms with Gasteiger partial charge in [-0.15, -0.1) is 0 Å².